The second-order valence-corrected chi connectivity index (χ2v) is 3.43. The van der Waals surface area contributed by atoms with Crippen molar-refractivity contribution in [2.75, 3.05) is 19.6 Å². The zero-order valence-corrected chi connectivity index (χ0v) is 8.28. The summed E-state index contributed by atoms with van der Waals surface area (Å²) in [5.41, 5.74) is 8.16. The molecule has 1 amide bonds. The highest BCUT2D eigenvalue weighted by Gasteiger charge is 2.21. The smallest absolute Gasteiger partial charge is 0.268 e. The molecule has 0 spiro atoms. The van der Waals surface area contributed by atoms with Gasteiger partial charge >= 0.3 is 0 Å². The number of azide groups is 1. The van der Waals surface area contributed by atoms with Gasteiger partial charge in [-0.15, -0.1) is 0 Å². The number of likely N-dealkylation sites (tertiary alicyclic amines) is 1. The van der Waals surface area contributed by atoms with Gasteiger partial charge in [-0.25, -0.2) is 0 Å². The van der Waals surface area contributed by atoms with Crippen molar-refractivity contribution in [3.8, 4) is 0 Å². The van der Waals surface area contributed by atoms with Gasteiger partial charge < -0.3 is 10.1 Å². The van der Waals surface area contributed by atoms with E-state index in [1.165, 1.54) is 0 Å². The molecule has 0 atom stereocenters. The van der Waals surface area contributed by atoms with Crippen LogP contribution in [0.15, 0.2) is 10.3 Å². The quantitative estimate of drug-likeness (QED) is 0.188. The minimum atomic E-state index is -0.278. The van der Waals surface area contributed by atoms with Crippen LogP contribution < -0.4 is 0 Å². The predicted molar refractivity (Wildman–Crippen MR) is 53.6 cm³/mol. The molecule has 0 unspecified atom stereocenters. The number of carbonyl (C=O) groups is 1. The molecular formula is C8H13N5O2. The third kappa shape index (κ3) is 3.47. The predicted octanol–water partition coefficient (Wildman–Crippen LogP) is 0.995. The second kappa shape index (κ2) is 5.87. The van der Waals surface area contributed by atoms with Crippen LogP contribution in [0.2, 0.25) is 0 Å². The van der Waals surface area contributed by atoms with Gasteiger partial charge in [-0.05, 0) is 24.3 Å². The van der Waals surface area contributed by atoms with Gasteiger partial charge in [0.15, 0.2) is 0 Å². The van der Waals surface area contributed by atoms with Crippen molar-refractivity contribution in [1.82, 2.24) is 4.90 Å². The molecule has 0 saturated carbocycles. The molecule has 1 rings (SSSR count). The highest BCUT2D eigenvalue weighted by molar-refractivity contribution is 6.25. The maximum Gasteiger partial charge on any atom is 0.268 e. The van der Waals surface area contributed by atoms with Crippen molar-refractivity contribution in [3.63, 3.8) is 0 Å². The van der Waals surface area contributed by atoms with Gasteiger partial charge in [-0.2, -0.15) is 0 Å². The van der Waals surface area contributed by atoms with Crippen LogP contribution in [0.5, 0.6) is 0 Å². The molecular weight excluding hydrogens is 198 g/mol. The highest BCUT2D eigenvalue weighted by Crippen LogP contribution is 2.17. The Hall–Kier alpha value is -1.75. The molecule has 1 saturated heterocycles. The zero-order valence-electron chi connectivity index (χ0n) is 8.28. The van der Waals surface area contributed by atoms with E-state index < -0.39 is 0 Å². The maximum atomic E-state index is 11.3. The molecule has 1 aliphatic rings. The third-order valence-corrected chi connectivity index (χ3v) is 2.50. The van der Waals surface area contributed by atoms with Gasteiger partial charge in [0.05, 0.1) is 0 Å². The molecule has 7 nitrogen and oxygen atoms in total. The number of piperidine rings is 1. The van der Waals surface area contributed by atoms with Gasteiger partial charge in [0.2, 0.25) is 0 Å². The van der Waals surface area contributed by atoms with Crippen molar-refractivity contribution in [2.45, 2.75) is 12.8 Å². The van der Waals surface area contributed by atoms with Crippen LogP contribution in [0, 0.1) is 5.92 Å². The minimum absolute atomic E-state index is 0.278. The van der Waals surface area contributed by atoms with Gasteiger partial charge in [0, 0.05) is 24.5 Å². The lowest BCUT2D eigenvalue weighted by molar-refractivity contribution is -0.125. The van der Waals surface area contributed by atoms with Crippen LogP contribution in [0.1, 0.15) is 12.8 Å². The molecule has 15 heavy (non-hydrogen) atoms. The average Bonchev–Trinajstić information content (AvgIpc) is 2.27. The van der Waals surface area contributed by atoms with Gasteiger partial charge in [0.1, 0.15) is 6.21 Å². The number of rotatable bonds is 3. The van der Waals surface area contributed by atoms with Crippen LogP contribution in [0.4, 0.5) is 0 Å². The van der Waals surface area contributed by atoms with E-state index in [1.54, 1.807) is 4.90 Å². The summed E-state index contributed by atoms with van der Waals surface area (Å²) in [6.45, 7) is 1.74. The minimum Gasteiger partial charge on any atom is -0.411 e. The van der Waals surface area contributed by atoms with E-state index in [4.69, 9.17) is 10.7 Å². The van der Waals surface area contributed by atoms with E-state index in [1.807, 2.05) is 0 Å². The molecule has 0 aromatic carbocycles. The maximum absolute atomic E-state index is 11.3. The molecule has 0 aliphatic carbocycles. The van der Waals surface area contributed by atoms with Crippen LogP contribution in [-0.2, 0) is 4.79 Å². The van der Waals surface area contributed by atoms with Gasteiger partial charge in [-0.3, -0.25) is 4.79 Å². The molecule has 82 valence electrons. The summed E-state index contributed by atoms with van der Waals surface area (Å²) in [4.78, 5) is 15.6. The lowest BCUT2D eigenvalue weighted by Crippen LogP contribution is -2.39. The second-order valence-electron chi connectivity index (χ2n) is 3.43. The van der Waals surface area contributed by atoms with Crippen LogP contribution in [0.3, 0.4) is 0 Å². The van der Waals surface area contributed by atoms with E-state index in [9.17, 15) is 4.79 Å². The Morgan fingerprint density at radius 1 is 1.60 bits per heavy atom. The summed E-state index contributed by atoms with van der Waals surface area (Å²) in [6, 6.07) is 0. The topological polar surface area (TPSA) is 102 Å². The fourth-order valence-electron chi connectivity index (χ4n) is 1.62. The molecule has 1 heterocycles. The van der Waals surface area contributed by atoms with Crippen molar-refractivity contribution < 1.29 is 10.0 Å². The van der Waals surface area contributed by atoms with E-state index in [0.717, 1.165) is 19.1 Å². The Morgan fingerprint density at radius 2 is 2.27 bits per heavy atom. The average molecular weight is 211 g/mol. The Kier molecular flexibility index (Phi) is 4.43. The van der Waals surface area contributed by atoms with E-state index in [2.05, 4.69) is 15.2 Å². The van der Waals surface area contributed by atoms with E-state index in [0.29, 0.717) is 25.6 Å². The summed E-state index contributed by atoms with van der Waals surface area (Å²) < 4.78 is 0. The van der Waals surface area contributed by atoms with Crippen molar-refractivity contribution >= 4 is 12.1 Å². The number of nitrogens with zero attached hydrogens (tertiary/aromatic N) is 5. The summed E-state index contributed by atoms with van der Waals surface area (Å²) >= 11 is 0. The molecule has 0 bridgehead atoms. The number of amides is 1. The van der Waals surface area contributed by atoms with Gasteiger partial charge in [0.25, 0.3) is 5.91 Å². The first-order chi connectivity index (χ1) is 7.27. The van der Waals surface area contributed by atoms with Crippen molar-refractivity contribution in [2.24, 2.45) is 16.2 Å². The van der Waals surface area contributed by atoms with Gasteiger partial charge in [-0.1, -0.05) is 10.3 Å². The summed E-state index contributed by atoms with van der Waals surface area (Å²) in [5, 5.41) is 14.4. The van der Waals surface area contributed by atoms with E-state index >= 15 is 0 Å². The van der Waals surface area contributed by atoms with Crippen LogP contribution in [-0.4, -0.2) is 41.9 Å². The Balaban J connectivity index is 2.35. The van der Waals surface area contributed by atoms with Crippen LogP contribution in [0.25, 0.3) is 10.4 Å². The molecule has 1 N–H and O–H groups in total. The number of hydrogen-bond acceptors (Lipinski definition) is 4. The lowest BCUT2D eigenvalue weighted by atomic mass is 9.97. The van der Waals surface area contributed by atoms with Crippen molar-refractivity contribution in [3.05, 3.63) is 10.4 Å². The largest absolute Gasteiger partial charge is 0.411 e. The first-order valence-corrected chi connectivity index (χ1v) is 4.75. The normalized spacial score (nSPS) is 17.7. The fourth-order valence-corrected chi connectivity index (χ4v) is 1.62. The molecule has 0 radical (unpaired) electrons. The zero-order chi connectivity index (χ0) is 11.1. The SMILES string of the molecule is [N-]=[N+]=NCC1CCN(C(=O)/C=N/O)CC1. The molecule has 7 heteroatoms. The number of oxime groups is 1. The number of hydrogen-bond donors (Lipinski definition) is 1. The summed E-state index contributed by atoms with van der Waals surface area (Å²) in [5.74, 6) is 0.0794. The summed E-state index contributed by atoms with van der Waals surface area (Å²) in [7, 11) is 0. The van der Waals surface area contributed by atoms with E-state index in [-0.39, 0.29) is 5.91 Å². The monoisotopic (exact) mass is 211 g/mol. The summed E-state index contributed by atoms with van der Waals surface area (Å²) in [6.07, 6.45) is 2.54. The molecule has 0 aromatic rings. The molecule has 0 aromatic heterocycles. The number of carbonyl (C=O) groups excluding carboxylic acids is 1. The Labute approximate surface area is 87.0 Å². The Morgan fingerprint density at radius 3 is 2.80 bits per heavy atom. The van der Waals surface area contributed by atoms with Crippen molar-refractivity contribution in [1.29, 1.82) is 0 Å². The third-order valence-electron chi connectivity index (χ3n) is 2.50. The first kappa shape index (κ1) is 11.3. The van der Waals surface area contributed by atoms with Crippen LogP contribution >= 0.6 is 0 Å². The lowest BCUT2D eigenvalue weighted by Gasteiger charge is -2.30. The molecule has 1 aliphatic heterocycles. The fraction of sp³-hybridized carbons (Fsp3) is 0.750. The first-order valence-electron chi connectivity index (χ1n) is 4.75. The highest BCUT2D eigenvalue weighted by atomic mass is 16.4. The standard InChI is InChI=1S/C8H13N5O2/c9-12-10-5-7-1-3-13(4-2-7)8(14)6-11-15/h6-7,15H,1-5H2/b11-6+. The Bertz CT molecular complexity index is 289. The molecule has 1 fully saturated rings.